The Morgan fingerprint density at radius 2 is 1.75 bits per heavy atom. The Kier molecular flexibility index (Phi) is 6.56. The largest absolute Gasteiger partial charge is 0.471 e. The van der Waals surface area contributed by atoms with Crippen molar-refractivity contribution in [1.29, 1.82) is 0 Å². The zero-order chi connectivity index (χ0) is 27.5. The number of nitrogens with two attached hydrogens (primary N) is 1. The first-order valence-corrected chi connectivity index (χ1v) is 11.3. The number of fused-ring (bicyclic) bond motifs is 1. The highest BCUT2D eigenvalue weighted by Crippen LogP contribution is 2.65. The molecule has 1 aliphatic carbocycles. The number of carbonyl (C=O) groups is 4. The van der Waals surface area contributed by atoms with Crippen molar-refractivity contribution in [3.05, 3.63) is 22.1 Å². The van der Waals surface area contributed by atoms with Gasteiger partial charge in [0.05, 0.1) is 5.56 Å². The highest BCUT2D eigenvalue weighted by atomic mass is 19.4. The van der Waals surface area contributed by atoms with Gasteiger partial charge in [0, 0.05) is 19.8 Å². The number of H-pyrrole nitrogens is 1. The van der Waals surface area contributed by atoms with Crippen LogP contribution in [0, 0.1) is 22.7 Å². The lowest BCUT2D eigenvalue weighted by Crippen LogP contribution is -2.61. The molecule has 11 nitrogen and oxygen atoms in total. The van der Waals surface area contributed by atoms with Crippen LogP contribution in [0.25, 0.3) is 0 Å². The molecular weight excluding hydrogens is 485 g/mol. The zero-order valence-electron chi connectivity index (χ0n) is 20.8. The Morgan fingerprint density at radius 1 is 1.17 bits per heavy atom. The van der Waals surface area contributed by atoms with E-state index in [1.807, 2.05) is 13.8 Å². The maximum absolute atomic E-state index is 13.5. The van der Waals surface area contributed by atoms with E-state index in [1.54, 1.807) is 5.32 Å². The Bertz CT molecular complexity index is 1150. The maximum Gasteiger partial charge on any atom is 0.471 e. The summed E-state index contributed by atoms with van der Waals surface area (Å²) >= 11 is 0. The van der Waals surface area contributed by atoms with Crippen LogP contribution in [0.2, 0.25) is 0 Å². The minimum atomic E-state index is -5.20. The predicted octanol–water partition coefficient (Wildman–Crippen LogP) is -0.0678. The van der Waals surface area contributed by atoms with Gasteiger partial charge in [0.15, 0.2) is 0 Å². The average Bonchev–Trinajstić information content (AvgIpc) is 3.05. The second kappa shape index (κ2) is 8.66. The Hall–Kier alpha value is -3.32. The smallest absolute Gasteiger partial charge is 0.368 e. The molecule has 5 atom stereocenters. The van der Waals surface area contributed by atoms with Crippen molar-refractivity contribution in [3.8, 4) is 0 Å². The highest BCUT2D eigenvalue weighted by molar-refractivity contribution is 5.96. The topological polar surface area (TPSA) is 159 Å². The Morgan fingerprint density at radius 3 is 2.19 bits per heavy atom. The molecule has 1 saturated heterocycles. The molecule has 1 aromatic heterocycles. The molecule has 1 unspecified atom stereocenters. The molecular formula is C22H31F3N6O5. The van der Waals surface area contributed by atoms with E-state index >= 15 is 0 Å². The molecule has 0 bridgehead atoms. The van der Waals surface area contributed by atoms with Gasteiger partial charge in [-0.15, -0.1) is 0 Å². The quantitative estimate of drug-likeness (QED) is 0.416. The van der Waals surface area contributed by atoms with E-state index in [1.165, 1.54) is 34.0 Å². The van der Waals surface area contributed by atoms with Crippen molar-refractivity contribution in [2.24, 2.45) is 35.4 Å². The fourth-order valence-corrected chi connectivity index (χ4v) is 5.06. The number of halogens is 3. The standard InChI is InChI=1S/C22H31F3N6O5/c1-20(2,3)14(29-19(36)22(23,24)25)18(35)31-8-10-11(21(10,4)5)13(31)16(33)28-12(15(26)32)9-7-27-30(6)17(9)34/h7,10-14,27H,8H2,1-6H3,(H2,26,32)(H,28,33)(H,29,36)/t10-,11-,12?,13-,14+/m0/s1. The molecule has 200 valence electrons. The molecule has 4 amide bonds. The minimum Gasteiger partial charge on any atom is -0.368 e. The summed E-state index contributed by atoms with van der Waals surface area (Å²) in [5.74, 6) is -5.36. The van der Waals surface area contributed by atoms with Gasteiger partial charge < -0.3 is 26.4 Å². The Labute approximate surface area is 204 Å². The number of rotatable bonds is 6. The van der Waals surface area contributed by atoms with Gasteiger partial charge in [0.1, 0.15) is 18.1 Å². The highest BCUT2D eigenvalue weighted by Gasteiger charge is 2.70. The summed E-state index contributed by atoms with van der Waals surface area (Å²) in [4.78, 5) is 64.2. The van der Waals surface area contributed by atoms with E-state index < -0.39 is 58.9 Å². The number of aryl methyl sites for hydroxylation is 1. The third-order valence-corrected chi connectivity index (χ3v) is 7.25. The van der Waals surface area contributed by atoms with Gasteiger partial charge in [0.2, 0.25) is 17.7 Å². The van der Waals surface area contributed by atoms with Crippen molar-refractivity contribution in [2.45, 2.75) is 58.9 Å². The molecule has 2 heterocycles. The summed E-state index contributed by atoms with van der Waals surface area (Å²) in [6.07, 6.45) is -3.98. The van der Waals surface area contributed by atoms with Gasteiger partial charge in [-0.3, -0.25) is 28.7 Å². The number of amides is 4. The van der Waals surface area contributed by atoms with Crippen LogP contribution in [0.1, 0.15) is 46.2 Å². The van der Waals surface area contributed by atoms with E-state index in [0.29, 0.717) is 0 Å². The van der Waals surface area contributed by atoms with Gasteiger partial charge in [-0.25, -0.2) is 0 Å². The normalized spacial score (nSPS) is 24.5. The van der Waals surface area contributed by atoms with Crippen LogP contribution in [0.4, 0.5) is 13.2 Å². The summed E-state index contributed by atoms with van der Waals surface area (Å²) in [5.41, 5.74) is 3.27. The molecule has 1 saturated carbocycles. The van der Waals surface area contributed by atoms with Crippen LogP contribution in [0.3, 0.4) is 0 Å². The first kappa shape index (κ1) is 27.3. The minimum absolute atomic E-state index is 0.0796. The second-order valence-electron chi connectivity index (χ2n) is 11.1. The van der Waals surface area contributed by atoms with Gasteiger partial charge in [-0.1, -0.05) is 34.6 Å². The summed E-state index contributed by atoms with van der Waals surface area (Å²) in [5, 5.41) is 6.80. The molecule has 14 heteroatoms. The number of aromatic amines is 1. The summed E-state index contributed by atoms with van der Waals surface area (Å²) < 4.78 is 39.9. The van der Waals surface area contributed by atoms with Crippen molar-refractivity contribution in [2.75, 3.05) is 6.54 Å². The molecule has 1 aliphatic heterocycles. The lowest BCUT2D eigenvalue weighted by atomic mass is 9.85. The van der Waals surface area contributed by atoms with Crippen LogP contribution < -0.4 is 21.9 Å². The summed E-state index contributed by atoms with van der Waals surface area (Å²) in [6, 6.07) is -4.22. The second-order valence-corrected chi connectivity index (χ2v) is 11.1. The van der Waals surface area contributed by atoms with Crippen molar-refractivity contribution in [1.82, 2.24) is 25.3 Å². The van der Waals surface area contributed by atoms with Gasteiger partial charge in [-0.2, -0.15) is 13.2 Å². The third-order valence-electron chi connectivity index (χ3n) is 7.25. The molecule has 0 aromatic carbocycles. The van der Waals surface area contributed by atoms with Crippen molar-refractivity contribution in [3.63, 3.8) is 0 Å². The van der Waals surface area contributed by atoms with Crippen LogP contribution in [-0.4, -0.2) is 63.1 Å². The number of carbonyl (C=O) groups excluding carboxylic acids is 4. The van der Waals surface area contributed by atoms with E-state index in [-0.39, 0.29) is 29.4 Å². The lowest BCUT2D eigenvalue weighted by Gasteiger charge is -2.37. The van der Waals surface area contributed by atoms with Crippen LogP contribution in [-0.2, 0) is 26.2 Å². The maximum atomic E-state index is 13.5. The monoisotopic (exact) mass is 516 g/mol. The lowest BCUT2D eigenvalue weighted by molar-refractivity contribution is -0.176. The van der Waals surface area contributed by atoms with Gasteiger partial charge >= 0.3 is 12.1 Å². The fraction of sp³-hybridized carbons (Fsp3) is 0.682. The summed E-state index contributed by atoms with van der Waals surface area (Å²) in [7, 11) is 1.41. The fourth-order valence-electron chi connectivity index (χ4n) is 5.06. The summed E-state index contributed by atoms with van der Waals surface area (Å²) in [6.45, 7) is 8.35. The number of piperidine rings is 1. The number of nitrogens with one attached hydrogen (secondary N) is 3. The van der Waals surface area contributed by atoms with E-state index in [9.17, 15) is 37.1 Å². The first-order valence-electron chi connectivity index (χ1n) is 11.3. The molecule has 0 radical (unpaired) electrons. The number of likely N-dealkylation sites (tertiary alicyclic amines) is 1. The third kappa shape index (κ3) is 4.72. The Balaban J connectivity index is 1.92. The number of hydrogen-bond donors (Lipinski definition) is 4. The van der Waals surface area contributed by atoms with E-state index in [2.05, 4.69) is 10.4 Å². The van der Waals surface area contributed by atoms with Crippen molar-refractivity contribution >= 4 is 23.6 Å². The van der Waals surface area contributed by atoms with E-state index in [4.69, 9.17) is 5.73 Å². The van der Waals surface area contributed by atoms with Crippen LogP contribution in [0.15, 0.2) is 11.0 Å². The van der Waals surface area contributed by atoms with E-state index in [0.717, 1.165) is 9.58 Å². The molecule has 2 fully saturated rings. The van der Waals surface area contributed by atoms with Crippen molar-refractivity contribution < 1.29 is 32.3 Å². The molecule has 0 spiro atoms. The number of hydrogen-bond acceptors (Lipinski definition) is 5. The number of alkyl halides is 3. The zero-order valence-corrected chi connectivity index (χ0v) is 20.8. The molecule has 36 heavy (non-hydrogen) atoms. The number of aromatic nitrogens is 2. The van der Waals surface area contributed by atoms with Gasteiger partial charge in [-0.05, 0) is 22.7 Å². The first-order chi connectivity index (χ1) is 16.3. The molecule has 3 rings (SSSR count). The van der Waals surface area contributed by atoms with Crippen LogP contribution in [0.5, 0.6) is 0 Å². The van der Waals surface area contributed by atoms with Gasteiger partial charge in [0.25, 0.3) is 5.56 Å². The number of nitrogens with zero attached hydrogens (tertiary/aromatic N) is 2. The van der Waals surface area contributed by atoms with Crippen LogP contribution >= 0.6 is 0 Å². The molecule has 1 aromatic rings. The SMILES string of the molecule is Cn1[nH]cc(C(NC(=O)[C@@H]2[C@@H]3[C@H](CN2C(=O)[C@@H](NC(=O)C(F)(F)F)C(C)(C)C)C3(C)C)C(N)=O)c1=O. The number of primary amides is 1. The average molecular weight is 517 g/mol. The molecule has 5 N–H and O–H groups in total. The molecule has 2 aliphatic rings. The predicted molar refractivity (Wildman–Crippen MR) is 120 cm³/mol.